The van der Waals surface area contributed by atoms with Gasteiger partial charge in [0.05, 0.1) is 42.7 Å². The van der Waals surface area contributed by atoms with E-state index in [2.05, 4.69) is 15.5 Å². The lowest BCUT2D eigenvalue weighted by Crippen LogP contribution is -2.39. The number of benzene rings is 2. The molecule has 2 aromatic heterocycles. The standard InChI is InChI=1S/C24H22N4O4/c1-15-21(13-32-27-15)18-5-6-20-22(8-18)26-14-28(24(20)30)10-16-3-2-4-19(7-16)23(29)25-9-17-11-31-12-17/h2-8,13-14,17H,9-12H2,1H3,(H,25,29). The van der Waals surface area contributed by atoms with Crippen molar-refractivity contribution in [3.63, 3.8) is 0 Å². The third-order valence-corrected chi connectivity index (χ3v) is 5.69. The second-order valence-electron chi connectivity index (χ2n) is 8.04. The second-order valence-corrected chi connectivity index (χ2v) is 8.04. The maximum Gasteiger partial charge on any atom is 0.261 e. The number of carbonyl (C=O) groups is 1. The van der Waals surface area contributed by atoms with Gasteiger partial charge in [0, 0.05) is 23.6 Å². The van der Waals surface area contributed by atoms with Crippen LogP contribution in [0.2, 0.25) is 0 Å². The van der Waals surface area contributed by atoms with E-state index < -0.39 is 0 Å². The molecule has 32 heavy (non-hydrogen) atoms. The second kappa shape index (κ2) is 8.39. The van der Waals surface area contributed by atoms with Gasteiger partial charge in [0.25, 0.3) is 11.5 Å². The lowest BCUT2D eigenvalue weighted by atomic mass is 10.1. The summed E-state index contributed by atoms with van der Waals surface area (Å²) in [7, 11) is 0. The van der Waals surface area contributed by atoms with Crippen LogP contribution >= 0.6 is 0 Å². The molecule has 8 heteroatoms. The molecule has 1 fully saturated rings. The molecule has 1 saturated heterocycles. The molecule has 3 heterocycles. The highest BCUT2D eigenvalue weighted by molar-refractivity contribution is 5.94. The monoisotopic (exact) mass is 430 g/mol. The molecule has 1 amide bonds. The summed E-state index contributed by atoms with van der Waals surface area (Å²) in [5.41, 5.74) is 4.44. The number of rotatable bonds is 6. The molecule has 0 aliphatic carbocycles. The van der Waals surface area contributed by atoms with Crippen molar-refractivity contribution in [2.75, 3.05) is 19.8 Å². The molecular weight excluding hydrogens is 408 g/mol. The molecular formula is C24H22N4O4. The number of hydrogen-bond donors (Lipinski definition) is 1. The average Bonchev–Trinajstić information content (AvgIpc) is 3.20. The minimum atomic E-state index is -0.136. The minimum absolute atomic E-state index is 0.126. The summed E-state index contributed by atoms with van der Waals surface area (Å²) in [4.78, 5) is 30.0. The fraction of sp³-hybridized carbons (Fsp3) is 0.250. The van der Waals surface area contributed by atoms with Gasteiger partial charge in [-0.15, -0.1) is 0 Å². The number of carbonyl (C=O) groups excluding carboxylic acids is 1. The van der Waals surface area contributed by atoms with Gasteiger partial charge in [-0.1, -0.05) is 23.4 Å². The molecule has 0 unspecified atom stereocenters. The van der Waals surface area contributed by atoms with E-state index in [1.54, 1.807) is 29.0 Å². The molecule has 8 nitrogen and oxygen atoms in total. The summed E-state index contributed by atoms with van der Waals surface area (Å²) in [6.07, 6.45) is 3.12. The Morgan fingerprint density at radius 2 is 2.09 bits per heavy atom. The first-order chi connectivity index (χ1) is 15.6. The maximum atomic E-state index is 13.0. The smallest absolute Gasteiger partial charge is 0.261 e. The number of nitrogens with one attached hydrogen (secondary N) is 1. The van der Waals surface area contributed by atoms with Gasteiger partial charge in [-0.2, -0.15) is 0 Å². The topological polar surface area (TPSA) is 99.2 Å². The van der Waals surface area contributed by atoms with Crippen molar-refractivity contribution >= 4 is 16.8 Å². The molecule has 2 aromatic carbocycles. The molecule has 162 valence electrons. The van der Waals surface area contributed by atoms with Crippen LogP contribution < -0.4 is 10.9 Å². The number of nitrogens with zero attached hydrogens (tertiary/aromatic N) is 3. The van der Waals surface area contributed by atoms with Gasteiger partial charge >= 0.3 is 0 Å². The zero-order valence-corrected chi connectivity index (χ0v) is 17.6. The van der Waals surface area contributed by atoms with Crippen molar-refractivity contribution in [1.29, 1.82) is 0 Å². The number of ether oxygens (including phenoxy) is 1. The predicted octanol–water partition coefficient (Wildman–Crippen LogP) is 2.78. The Hall–Kier alpha value is -3.78. The van der Waals surface area contributed by atoms with Gasteiger partial charge in [-0.3, -0.25) is 14.2 Å². The Morgan fingerprint density at radius 1 is 1.22 bits per heavy atom. The van der Waals surface area contributed by atoms with Gasteiger partial charge in [0.2, 0.25) is 0 Å². The Balaban J connectivity index is 1.37. The highest BCUT2D eigenvalue weighted by atomic mass is 16.5. The number of fused-ring (bicyclic) bond motifs is 1. The third kappa shape index (κ3) is 3.92. The fourth-order valence-corrected chi connectivity index (χ4v) is 3.76. The van der Waals surface area contributed by atoms with Crippen LogP contribution in [0.4, 0.5) is 0 Å². The van der Waals surface area contributed by atoms with E-state index in [9.17, 15) is 9.59 Å². The zero-order chi connectivity index (χ0) is 22.1. The molecule has 4 aromatic rings. The summed E-state index contributed by atoms with van der Waals surface area (Å²) in [6.45, 7) is 4.18. The van der Waals surface area contributed by atoms with Gasteiger partial charge in [0.1, 0.15) is 6.26 Å². The average molecular weight is 430 g/mol. The summed E-state index contributed by atoms with van der Waals surface area (Å²) >= 11 is 0. The molecule has 1 N–H and O–H groups in total. The normalized spacial score (nSPS) is 13.8. The Labute approximate surface area is 183 Å². The largest absolute Gasteiger partial charge is 0.381 e. The van der Waals surface area contributed by atoms with E-state index in [-0.39, 0.29) is 11.5 Å². The van der Waals surface area contributed by atoms with Crippen LogP contribution in [0, 0.1) is 12.8 Å². The van der Waals surface area contributed by atoms with Crippen LogP contribution in [0.5, 0.6) is 0 Å². The molecule has 0 radical (unpaired) electrons. The van der Waals surface area contributed by atoms with Crippen LogP contribution in [0.3, 0.4) is 0 Å². The van der Waals surface area contributed by atoms with Crippen LogP contribution in [-0.2, 0) is 11.3 Å². The fourth-order valence-electron chi connectivity index (χ4n) is 3.76. The molecule has 5 rings (SSSR count). The minimum Gasteiger partial charge on any atom is -0.381 e. The first-order valence-electron chi connectivity index (χ1n) is 10.4. The van der Waals surface area contributed by atoms with Gasteiger partial charge in [-0.25, -0.2) is 4.98 Å². The van der Waals surface area contributed by atoms with E-state index in [1.807, 2.05) is 31.2 Å². The lowest BCUT2D eigenvalue weighted by molar-refractivity contribution is -0.0298. The van der Waals surface area contributed by atoms with Crippen molar-refractivity contribution in [1.82, 2.24) is 20.0 Å². The maximum absolute atomic E-state index is 13.0. The van der Waals surface area contributed by atoms with E-state index in [0.29, 0.717) is 48.7 Å². The zero-order valence-electron chi connectivity index (χ0n) is 17.6. The molecule has 1 aliphatic rings. The summed E-state index contributed by atoms with van der Waals surface area (Å²) in [5.74, 6) is 0.262. The molecule has 0 bridgehead atoms. The predicted molar refractivity (Wildman–Crippen MR) is 118 cm³/mol. The van der Waals surface area contributed by atoms with Crippen molar-refractivity contribution in [3.8, 4) is 11.1 Å². The Morgan fingerprint density at radius 3 is 2.84 bits per heavy atom. The van der Waals surface area contributed by atoms with E-state index in [4.69, 9.17) is 9.26 Å². The van der Waals surface area contributed by atoms with E-state index in [1.165, 1.54) is 6.33 Å². The first kappa shape index (κ1) is 20.1. The van der Waals surface area contributed by atoms with Crippen LogP contribution in [0.25, 0.3) is 22.0 Å². The van der Waals surface area contributed by atoms with Gasteiger partial charge < -0.3 is 14.6 Å². The number of amides is 1. The van der Waals surface area contributed by atoms with E-state index >= 15 is 0 Å². The van der Waals surface area contributed by atoms with Crippen molar-refractivity contribution in [2.45, 2.75) is 13.5 Å². The molecule has 1 aliphatic heterocycles. The quantitative estimate of drug-likeness (QED) is 0.505. The van der Waals surface area contributed by atoms with Crippen LogP contribution in [0.15, 0.2) is 64.4 Å². The molecule has 0 atom stereocenters. The first-order valence-corrected chi connectivity index (χ1v) is 10.4. The number of hydrogen-bond acceptors (Lipinski definition) is 6. The van der Waals surface area contributed by atoms with Gasteiger partial charge in [0.15, 0.2) is 0 Å². The van der Waals surface area contributed by atoms with Crippen LogP contribution in [-0.4, -0.2) is 40.4 Å². The SMILES string of the molecule is Cc1nocc1-c1ccc2c(=O)n(Cc3cccc(C(=O)NCC4COC4)c3)cnc2c1. The van der Waals surface area contributed by atoms with Crippen LogP contribution in [0.1, 0.15) is 21.6 Å². The summed E-state index contributed by atoms with van der Waals surface area (Å²) in [5, 5.41) is 7.37. The number of aryl methyl sites for hydroxylation is 1. The van der Waals surface area contributed by atoms with Crippen molar-refractivity contribution < 1.29 is 14.1 Å². The Kier molecular flexibility index (Phi) is 5.28. The van der Waals surface area contributed by atoms with Crippen molar-refractivity contribution in [3.05, 3.63) is 82.2 Å². The Bertz CT molecular complexity index is 1350. The van der Waals surface area contributed by atoms with Crippen molar-refractivity contribution in [2.24, 2.45) is 5.92 Å². The van der Waals surface area contributed by atoms with E-state index in [0.717, 1.165) is 22.4 Å². The highest BCUT2D eigenvalue weighted by Gasteiger charge is 2.19. The highest BCUT2D eigenvalue weighted by Crippen LogP contribution is 2.24. The molecule has 0 spiro atoms. The lowest BCUT2D eigenvalue weighted by Gasteiger charge is -2.25. The summed E-state index contributed by atoms with van der Waals surface area (Å²) < 4.78 is 11.7. The molecule has 0 saturated carbocycles. The third-order valence-electron chi connectivity index (χ3n) is 5.69. The van der Waals surface area contributed by atoms with Gasteiger partial charge in [-0.05, 0) is 42.3 Å². The summed E-state index contributed by atoms with van der Waals surface area (Å²) in [6, 6.07) is 12.8. The number of aromatic nitrogens is 3.